The Kier molecular flexibility index (Phi) is 5.92. The Balaban J connectivity index is 1.35. The van der Waals surface area contributed by atoms with Gasteiger partial charge in [0.15, 0.2) is 5.96 Å². The number of aromatic nitrogens is 3. The average molecular weight is 376 g/mol. The molecule has 0 aliphatic carbocycles. The molecule has 0 saturated carbocycles. The summed E-state index contributed by atoms with van der Waals surface area (Å²) in [5, 5.41) is 12.0. The molecule has 3 aliphatic rings. The van der Waals surface area contributed by atoms with Crippen molar-refractivity contribution in [2.24, 2.45) is 10.9 Å². The van der Waals surface area contributed by atoms with Crippen molar-refractivity contribution < 1.29 is 4.74 Å². The van der Waals surface area contributed by atoms with Gasteiger partial charge >= 0.3 is 0 Å². The lowest BCUT2D eigenvalue weighted by molar-refractivity contribution is 0.0195. The van der Waals surface area contributed by atoms with Crippen LogP contribution in [0.25, 0.3) is 0 Å². The molecule has 4 rings (SSSR count). The minimum absolute atomic E-state index is 0.568. The van der Waals surface area contributed by atoms with Gasteiger partial charge in [-0.2, -0.15) is 0 Å². The van der Waals surface area contributed by atoms with E-state index in [0.717, 1.165) is 89.5 Å². The van der Waals surface area contributed by atoms with Crippen LogP contribution in [0.2, 0.25) is 0 Å². The van der Waals surface area contributed by atoms with Crippen molar-refractivity contribution in [2.75, 3.05) is 52.5 Å². The number of nitrogens with one attached hydrogen (secondary N) is 1. The van der Waals surface area contributed by atoms with Gasteiger partial charge in [-0.05, 0) is 32.6 Å². The van der Waals surface area contributed by atoms with E-state index in [1.807, 2.05) is 6.92 Å². The van der Waals surface area contributed by atoms with Gasteiger partial charge in [0.25, 0.3) is 0 Å². The highest BCUT2D eigenvalue weighted by Crippen LogP contribution is 2.21. The molecule has 0 aromatic carbocycles. The van der Waals surface area contributed by atoms with Crippen molar-refractivity contribution in [1.82, 2.24) is 29.9 Å². The van der Waals surface area contributed by atoms with Gasteiger partial charge < -0.3 is 19.5 Å². The normalized spacial score (nSPS) is 27.0. The van der Waals surface area contributed by atoms with Crippen LogP contribution in [0.5, 0.6) is 0 Å². The van der Waals surface area contributed by atoms with E-state index >= 15 is 0 Å². The zero-order chi connectivity index (χ0) is 18.6. The largest absolute Gasteiger partial charge is 0.379 e. The molecular weight excluding hydrogens is 342 g/mol. The smallest absolute Gasteiger partial charge is 0.193 e. The van der Waals surface area contributed by atoms with E-state index in [1.54, 1.807) is 0 Å². The number of guanidine groups is 1. The summed E-state index contributed by atoms with van der Waals surface area (Å²) >= 11 is 0. The summed E-state index contributed by atoms with van der Waals surface area (Å²) in [7, 11) is 0. The number of morpholine rings is 1. The Morgan fingerprint density at radius 1 is 1.19 bits per heavy atom. The molecule has 2 fully saturated rings. The number of hydrogen-bond donors (Lipinski definition) is 1. The summed E-state index contributed by atoms with van der Waals surface area (Å²) in [6.07, 6.45) is 3.38. The number of nitrogens with zero attached hydrogens (tertiary/aromatic N) is 6. The van der Waals surface area contributed by atoms with Crippen LogP contribution < -0.4 is 5.32 Å². The summed E-state index contributed by atoms with van der Waals surface area (Å²) in [5.41, 5.74) is 0. The summed E-state index contributed by atoms with van der Waals surface area (Å²) in [6, 6.07) is 0.634. The molecule has 27 heavy (non-hydrogen) atoms. The lowest BCUT2D eigenvalue weighted by Gasteiger charge is -2.32. The fourth-order valence-corrected chi connectivity index (χ4v) is 4.50. The molecule has 0 radical (unpaired) electrons. The van der Waals surface area contributed by atoms with Gasteiger partial charge in [0.05, 0.1) is 13.2 Å². The van der Waals surface area contributed by atoms with Crippen LogP contribution in [-0.4, -0.2) is 89.0 Å². The van der Waals surface area contributed by atoms with E-state index in [9.17, 15) is 0 Å². The van der Waals surface area contributed by atoms with E-state index in [-0.39, 0.29) is 0 Å². The van der Waals surface area contributed by atoms with Gasteiger partial charge in [-0.1, -0.05) is 0 Å². The summed E-state index contributed by atoms with van der Waals surface area (Å²) in [4.78, 5) is 10.1. The van der Waals surface area contributed by atoms with Gasteiger partial charge in [0.2, 0.25) is 0 Å². The third-order valence-electron chi connectivity index (χ3n) is 6.09. The quantitative estimate of drug-likeness (QED) is 0.611. The van der Waals surface area contributed by atoms with Crippen LogP contribution in [0.1, 0.15) is 31.4 Å². The highest BCUT2D eigenvalue weighted by Gasteiger charge is 2.30. The molecule has 2 atom stereocenters. The van der Waals surface area contributed by atoms with Crippen molar-refractivity contribution in [2.45, 2.75) is 45.7 Å². The number of rotatable bonds is 4. The van der Waals surface area contributed by atoms with Gasteiger partial charge in [-0.15, -0.1) is 10.2 Å². The van der Waals surface area contributed by atoms with Crippen LogP contribution in [0, 0.1) is 12.8 Å². The lowest BCUT2D eigenvalue weighted by atomic mass is 9.99. The first kappa shape index (κ1) is 18.7. The average Bonchev–Trinajstić information content (AvgIpc) is 3.33. The Bertz CT molecular complexity index is 652. The Hall–Kier alpha value is -1.67. The molecule has 2 unspecified atom stereocenters. The minimum Gasteiger partial charge on any atom is -0.379 e. The standard InChI is InChI=1S/C19H33N7O/c1-3-20-19(25-7-6-17(14-25)24-8-10-27-11-9-24)21-12-16-4-5-18-23-22-15(2)26(18)13-16/h16-17H,3-14H2,1-2H3,(H,20,21). The second-order valence-corrected chi connectivity index (χ2v) is 7.91. The van der Waals surface area contributed by atoms with E-state index in [2.05, 4.69) is 36.8 Å². The molecule has 0 bridgehead atoms. The van der Waals surface area contributed by atoms with Gasteiger partial charge in [-0.3, -0.25) is 9.89 Å². The topological polar surface area (TPSA) is 70.8 Å². The summed E-state index contributed by atoms with van der Waals surface area (Å²) in [6.45, 7) is 13.0. The minimum atomic E-state index is 0.568. The van der Waals surface area contributed by atoms with Crippen LogP contribution in [0.4, 0.5) is 0 Å². The molecule has 150 valence electrons. The summed E-state index contributed by atoms with van der Waals surface area (Å²) < 4.78 is 7.77. The molecule has 8 heteroatoms. The Morgan fingerprint density at radius 3 is 2.85 bits per heavy atom. The molecule has 0 amide bonds. The van der Waals surface area contributed by atoms with Crippen LogP contribution >= 0.6 is 0 Å². The maximum Gasteiger partial charge on any atom is 0.193 e. The van der Waals surface area contributed by atoms with E-state index in [4.69, 9.17) is 9.73 Å². The Labute approximate surface area is 162 Å². The van der Waals surface area contributed by atoms with Gasteiger partial charge in [0, 0.05) is 58.3 Å². The third kappa shape index (κ3) is 4.27. The zero-order valence-corrected chi connectivity index (χ0v) is 16.7. The maximum atomic E-state index is 5.50. The van der Waals surface area contributed by atoms with Gasteiger partial charge in [0.1, 0.15) is 11.6 Å². The van der Waals surface area contributed by atoms with E-state index < -0.39 is 0 Å². The number of hydrogen-bond acceptors (Lipinski definition) is 5. The first-order chi connectivity index (χ1) is 13.2. The molecule has 1 aromatic heterocycles. The van der Waals surface area contributed by atoms with E-state index in [0.29, 0.717) is 12.0 Å². The van der Waals surface area contributed by atoms with Crippen molar-refractivity contribution in [3.05, 3.63) is 11.6 Å². The van der Waals surface area contributed by atoms with E-state index in [1.165, 1.54) is 6.42 Å². The molecule has 1 N–H and O–H groups in total. The lowest BCUT2D eigenvalue weighted by Crippen LogP contribution is -2.46. The number of aliphatic imine (C=N–C) groups is 1. The fourth-order valence-electron chi connectivity index (χ4n) is 4.50. The molecule has 8 nitrogen and oxygen atoms in total. The van der Waals surface area contributed by atoms with Crippen LogP contribution in [0.3, 0.4) is 0 Å². The number of likely N-dealkylation sites (tertiary alicyclic amines) is 1. The van der Waals surface area contributed by atoms with Crippen molar-refractivity contribution in [1.29, 1.82) is 0 Å². The van der Waals surface area contributed by atoms with Crippen molar-refractivity contribution >= 4 is 5.96 Å². The highest BCUT2D eigenvalue weighted by molar-refractivity contribution is 5.80. The van der Waals surface area contributed by atoms with Crippen LogP contribution in [-0.2, 0) is 17.7 Å². The fraction of sp³-hybridized carbons (Fsp3) is 0.842. The monoisotopic (exact) mass is 375 g/mol. The summed E-state index contributed by atoms with van der Waals surface area (Å²) in [5.74, 6) is 3.81. The first-order valence-electron chi connectivity index (χ1n) is 10.5. The predicted octanol–water partition coefficient (Wildman–Crippen LogP) is 0.521. The highest BCUT2D eigenvalue weighted by atomic mass is 16.5. The number of fused-ring (bicyclic) bond motifs is 1. The molecule has 0 spiro atoms. The van der Waals surface area contributed by atoms with Crippen molar-refractivity contribution in [3.8, 4) is 0 Å². The number of ether oxygens (including phenoxy) is 1. The maximum absolute atomic E-state index is 5.50. The van der Waals surface area contributed by atoms with Crippen LogP contribution in [0.15, 0.2) is 4.99 Å². The van der Waals surface area contributed by atoms with Crippen molar-refractivity contribution in [3.63, 3.8) is 0 Å². The molecule has 2 saturated heterocycles. The molecule has 3 aliphatic heterocycles. The zero-order valence-electron chi connectivity index (χ0n) is 16.7. The SMILES string of the molecule is CCNC(=NCC1CCc2nnc(C)n2C1)N1CCC(N2CCOCC2)C1. The Morgan fingerprint density at radius 2 is 2.04 bits per heavy atom. The predicted molar refractivity (Wildman–Crippen MR) is 105 cm³/mol. The molecular formula is C19H33N7O. The first-order valence-corrected chi connectivity index (χ1v) is 10.5. The molecule has 4 heterocycles. The third-order valence-corrected chi connectivity index (χ3v) is 6.09. The second-order valence-electron chi connectivity index (χ2n) is 7.91. The second kappa shape index (κ2) is 8.56. The molecule has 1 aromatic rings. The number of aryl methyl sites for hydroxylation is 2. The van der Waals surface area contributed by atoms with Gasteiger partial charge in [-0.25, -0.2) is 0 Å².